The minimum Gasteiger partial charge on any atom is -0.497 e. The Hall–Kier alpha value is -1.59. The second-order valence-electron chi connectivity index (χ2n) is 6.64. The maximum atomic E-state index is 11.2. The van der Waals surface area contributed by atoms with Crippen LogP contribution in [-0.2, 0) is 21.4 Å². The quantitative estimate of drug-likeness (QED) is 0.904. The highest BCUT2D eigenvalue weighted by atomic mass is 16.5. The van der Waals surface area contributed by atoms with Crippen molar-refractivity contribution < 1.29 is 14.3 Å². The number of amides is 1. The number of hydrogen-bond acceptors (Lipinski definition) is 4. The first-order chi connectivity index (χ1) is 10.5. The Kier molecular flexibility index (Phi) is 3.87. The maximum Gasteiger partial charge on any atom is 0.243 e. The smallest absolute Gasteiger partial charge is 0.243 e. The molecule has 1 heterocycles. The van der Waals surface area contributed by atoms with Crippen molar-refractivity contribution in [3.8, 4) is 5.75 Å². The number of hydrogen-bond donors (Lipinski definition) is 1. The van der Waals surface area contributed by atoms with E-state index in [1.165, 1.54) is 11.1 Å². The molecule has 3 atom stereocenters. The SMILES string of the molecule is COc1ccc2c(c1)[C@@]1(C)CCN(C)C(C2)[C@H]1OCC(N)=O. The van der Waals surface area contributed by atoms with Crippen LogP contribution in [0.2, 0.25) is 0 Å². The van der Waals surface area contributed by atoms with Crippen LogP contribution in [0.25, 0.3) is 0 Å². The summed E-state index contributed by atoms with van der Waals surface area (Å²) in [5, 5.41) is 0. The standard InChI is InChI=1S/C17H24N2O3/c1-17-6-7-19(2)14(16(17)22-10-15(18)20)8-11-4-5-12(21-3)9-13(11)17/h4-5,9,14,16H,6-8,10H2,1-3H3,(H2,18,20)/t14?,16-,17-/m1/s1. The molecule has 2 N–H and O–H groups in total. The summed E-state index contributed by atoms with van der Waals surface area (Å²) in [5.74, 6) is 0.451. The van der Waals surface area contributed by atoms with Crippen LogP contribution < -0.4 is 10.5 Å². The van der Waals surface area contributed by atoms with E-state index in [0.29, 0.717) is 0 Å². The average Bonchev–Trinajstić information content (AvgIpc) is 2.50. The van der Waals surface area contributed by atoms with Gasteiger partial charge in [0.2, 0.25) is 5.91 Å². The third-order valence-corrected chi connectivity index (χ3v) is 5.29. The van der Waals surface area contributed by atoms with Crippen molar-refractivity contribution in [1.29, 1.82) is 0 Å². The highest BCUT2D eigenvalue weighted by molar-refractivity contribution is 5.75. The van der Waals surface area contributed by atoms with E-state index in [1.807, 2.05) is 6.07 Å². The summed E-state index contributed by atoms with van der Waals surface area (Å²) in [4.78, 5) is 13.5. The molecule has 0 aromatic heterocycles. The number of carbonyl (C=O) groups is 1. The van der Waals surface area contributed by atoms with E-state index in [0.717, 1.165) is 25.1 Å². The molecule has 1 amide bonds. The molecule has 0 radical (unpaired) electrons. The van der Waals surface area contributed by atoms with E-state index in [2.05, 4.69) is 31.0 Å². The third-order valence-electron chi connectivity index (χ3n) is 5.29. The van der Waals surface area contributed by atoms with Gasteiger partial charge in [0.15, 0.2) is 0 Å². The second kappa shape index (κ2) is 5.56. The molecule has 1 fully saturated rings. The Morgan fingerprint density at radius 3 is 2.95 bits per heavy atom. The van der Waals surface area contributed by atoms with E-state index in [4.69, 9.17) is 15.2 Å². The average molecular weight is 304 g/mol. The van der Waals surface area contributed by atoms with Crippen molar-refractivity contribution in [2.75, 3.05) is 27.3 Å². The number of methoxy groups -OCH3 is 1. The number of primary amides is 1. The molecule has 5 heteroatoms. The first-order valence-corrected chi connectivity index (χ1v) is 7.73. The number of carbonyl (C=O) groups excluding carboxylic acids is 1. The Balaban J connectivity index is 2.02. The van der Waals surface area contributed by atoms with Gasteiger partial charge in [-0.25, -0.2) is 0 Å². The van der Waals surface area contributed by atoms with Crippen molar-refractivity contribution in [1.82, 2.24) is 4.90 Å². The van der Waals surface area contributed by atoms with Crippen LogP contribution in [0.4, 0.5) is 0 Å². The number of likely N-dealkylation sites (tertiary alicyclic amines) is 1. The molecule has 1 saturated heterocycles. The highest BCUT2D eigenvalue weighted by Crippen LogP contribution is 2.46. The summed E-state index contributed by atoms with van der Waals surface area (Å²) >= 11 is 0. The summed E-state index contributed by atoms with van der Waals surface area (Å²) in [7, 11) is 3.81. The number of ether oxygens (including phenoxy) is 2. The van der Waals surface area contributed by atoms with Crippen LogP contribution in [0.5, 0.6) is 5.75 Å². The topological polar surface area (TPSA) is 64.8 Å². The number of rotatable bonds is 4. The van der Waals surface area contributed by atoms with Gasteiger partial charge >= 0.3 is 0 Å². The van der Waals surface area contributed by atoms with Gasteiger partial charge in [-0.3, -0.25) is 4.79 Å². The molecule has 5 nitrogen and oxygen atoms in total. The first kappa shape index (κ1) is 15.3. The van der Waals surface area contributed by atoms with Gasteiger partial charge in [-0.1, -0.05) is 13.0 Å². The number of nitrogens with zero attached hydrogens (tertiary/aromatic N) is 1. The van der Waals surface area contributed by atoms with Crippen molar-refractivity contribution in [3.05, 3.63) is 29.3 Å². The summed E-state index contributed by atoms with van der Waals surface area (Å²) < 4.78 is 11.4. The fraction of sp³-hybridized carbons (Fsp3) is 0.588. The predicted molar refractivity (Wildman–Crippen MR) is 84.0 cm³/mol. The minimum atomic E-state index is -0.416. The molecule has 22 heavy (non-hydrogen) atoms. The molecule has 120 valence electrons. The van der Waals surface area contributed by atoms with Crippen LogP contribution in [0.15, 0.2) is 18.2 Å². The maximum absolute atomic E-state index is 11.2. The molecule has 0 spiro atoms. The van der Waals surface area contributed by atoms with Crippen LogP contribution in [0.1, 0.15) is 24.5 Å². The summed E-state index contributed by atoms with van der Waals surface area (Å²) in [6.07, 6.45) is 1.89. The Morgan fingerprint density at radius 2 is 2.27 bits per heavy atom. The number of fused-ring (bicyclic) bond motifs is 4. The van der Waals surface area contributed by atoms with Crippen molar-refractivity contribution in [2.24, 2.45) is 5.73 Å². The van der Waals surface area contributed by atoms with E-state index in [-0.39, 0.29) is 24.2 Å². The van der Waals surface area contributed by atoms with Crippen molar-refractivity contribution >= 4 is 5.91 Å². The molecule has 2 bridgehead atoms. The Labute approximate surface area is 131 Å². The zero-order chi connectivity index (χ0) is 15.9. The molecule has 1 aliphatic heterocycles. The highest BCUT2D eigenvalue weighted by Gasteiger charge is 2.50. The van der Waals surface area contributed by atoms with Gasteiger partial charge in [0.25, 0.3) is 0 Å². The van der Waals surface area contributed by atoms with E-state index < -0.39 is 5.91 Å². The van der Waals surface area contributed by atoms with Crippen molar-refractivity contribution in [2.45, 2.75) is 37.3 Å². The largest absolute Gasteiger partial charge is 0.497 e. The van der Waals surface area contributed by atoms with Crippen LogP contribution in [0.3, 0.4) is 0 Å². The number of nitrogens with two attached hydrogens (primary N) is 1. The van der Waals surface area contributed by atoms with Gasteiger partial charge in [-0.2, -0.15) is 0 Å². The van der Waals surface area contributed by atoms with Crippen LogP contribution in [-0.4, -0.2) is 50.3 Å². The zero-order valence-electron chi connectivity index (χ0n) is 13.5. The molecule has 3 rings (SSSR count). The Bertz CT molecular complexity index is 589. The molecule has 1 aliphatic carbocycles. The first-order valence-electron chi connectivity index (χ1n) is 7.73. The van der Waals surface area contributed by atoms with E-state index in [1.54, 1.807) is 7.11 Å². The molecule has 1 aromatic rings. The van der Waals surface area contributed by atoms with Crippen LogP contribution in [0, 0.1) is 0 Å². The fourth-order valence-electron chi connectivity index (χ4n) is 4.01. The number of piperidine rings is 1. The molecular formula is C17H24N2O3. The van der Waals surface area contributed by atoms with Crippen LogP contribution >= 0.6 is 0 Å². The molecule has 0 saturated carbocycles. The molecular weight excluding hydrogens is 280 g/mol. The summed E-state index contributed by atoms with van der Waals surface area (Å²) in [5.41, 5.74) is 7.79. The number of benzene rings is 1. The lowest BCUT2D eigenvalue weighted by atomic mass is 9.63. The lowest BCUT2D eigenvalue weighted by Crippen LogP contribution is -2.62. The summed E-state index contributed by atoms with van der Waals surface area (Å²) in [6.45, 7) is 3.23. The van der Waals surface area contributed by atoms with Gasteiger partial charge in [-0.05, 0) is 49.7 Å². The van der Waals surface area contributed by atoms with Gasteiger partial charge in [0.1, 0.15) is 12.4 Å². The normalized spacial score (nSPS) is 30.7. The van der Waals surface area contributed by atoms with Crippen molar-refractivity contribution in [3.63, 3.8) is 0 Å². The van der Waals surface area contributed by atoms with Gasteiger partial charge in [-0.15, -0.1) is 0 Å². The van der Waals surface area contributed by atoms with E-state index in [9.17, 15) is 4.79 Å². The molecule has 1 unspecified atom stereocenters. The van der Waals surface area contributed by atoms with E-state index >= 15 is 0 Å². The Morgan fingerprint density at radius 1 is 1.50 bits per heavy atom. The zero-order valence-corrected chi connectivity index (χ0v) is 13.5. The van der Waals surface area contributed by atoms with Gasteiger partial charge < -0.3 is 20.1 Å². The summed E-state index contributed by atoms with van der Waals surface area (Å²) in [6, 6.07) is 6.57. The van der Waals surface area contributed by atoms with Gasteiger partial charge in [0, 0.05) is 11.5 Å². The minimum absolute atomic E-state index is 0.0239. The number of likely N-dealkylation sites (N-methyl/N-ethyl adjacent to an activating group) is 1. The lowest BCUT2D eigenvalue weighted by Gasteiger charge is -2.54. The third kappa shape index (κ3) is 2.38. The van der Waals surface area contributed by atoms with Gasteiger partial charge in [0.05, 0.1) is 13.2 Å². The monoisotopic (exact) mass is 304 g/mol. The molecule has 2 aliphatic rings. The predicted octanol–water partition coefficient (Wildman–Crippen LogP) is 1.08. The fourth-order valence-corrected chi connectivity index (χ4v) is 4.01. The molecule has 1 aromatic carbocycles. The lowest BCUT2D eigenvalue weighted by molar-refractivity contribution is -0.133. The second-order valence-corrected chi connectivity index (χ2v) is 6.64.